The minimum atomic E-state index is -0.387. The number of H-pyrrole nitrogens is 1. The van der Waals surface area contributed by atoms with Gasteiger partial charge in [0, 0.05) is 12.0 Å². The van der Waals surface area contributed by atoms with E-state index in [1.807, 2.05) is 27.7 Å². The lowest BCUT2D eigenvalue weighted by Gasteiger charge is -2.40. The molecule has 0 radical (unpaired) electrons. The van der Waals surface area contributed by atoms with Crippen molar-refractivity contribution in [2.24, 2.45) is 0 Å². The van der Waals surface area contributed by atoms with Gasteiger partial charge < -0.3 is 9.72 Å². The van der Waals surface area contributed by atoms with Gasteiger partial charge in [-0.15, -0.1) is 0 Å². The van der Waals surface area contributed by atoms with Crippen LogP contribution in [0.5, 0.6) is 0 Å². The fourth-order valence-electron chi connectivity index (χ4n) is 3.53. The highest BCUT2D eigenvalue weighted by Gasteiger charge is 2.35. The summed E-state index contributed by atoms with van der Waals surface area (Å²) in [5.74, 6) is 0.551. The smallest absolute Gasteiger partial charge is 0.279 e. The first kappa shape index (κ1) is 15.9. The molecule has 0 saturated heterocycles. The Bertz CT molecular complexity index is 840. The summed E-state index contributed by atoms with van der Waals surface area (Å²) >= 11 is 0. The van der Waals surface area contributed by atoms with Crippen molar-refractivity contribution in [1.29, 1.82) is 0 Å². The third kappa shape index (κ3) is 2.83. The zero-order chi connectivity index (χ0) is 17.0. The van der Waals surface area contributed by atoms with Gasteiger partial charge in [0.25, 0.3) is 5.56 Å². The Balaban J connectivity index is 2.29. The highest BCUT2D eigenvalue weighted by atomic mass is 16.5. The maximum atomic E-state index is 12.8. The molecular formula is C17H24N4O2. The second-order valence-corrected chi connectivity index (χ2v) is 7.68. The summed E-state index contributed by atoms with van der Waals surface area (Å²) in [6, 6.07) is 0. The molecule has 6 heteroatoms. The molecule has 1 N–H and O–H groups in total. The van der Waals surface area contributed by atoms with Gasteiger partial charge in [0.05, 0.1) is 16.9 Å². The highest BCUT2D eigenvalue weighted by molar-refractivity contribution is 5.69. The first-order valence-electron chi connectivity index (χ1n) is 7.98. The molecule has 0 amide bonds. The number of fused-ring (bicyclic) bond motifs is 1. The third-order valence-corrected chi connectivity index (χ3v) is 4.05. The molecule has 0 unspecified atom stereocenters. The number of ether oxygens (including phenoxy) is 1. The Morgan fingerprint density at radius 3 is 2.61 bits per heavy atom. The van der Waals surface area contributed by atoms with E-state index in [2.05, 4.69) is 35.0 Å². The minimum absolute atomic E-state index is 0.0809. The number of nitrogens with one attached hydrogen (secondary N) is 1. The Hall–Kier alpha value is -1.95. The summed E-state index contributed by atoms with van der Waals surface area (Å²) in [5.41, 5.74) is 1.90. The standard InChI is InChI=1S/C17H24N4O2/c1-10(2)12-13(20-15-18-9-19-21(15)14(12)22)11-7-16(3,4)23-17(5,6)8-11/h7,9-10H,8H2,1-6H3,(H,18,19,20). The fraction of sp³-hybridized carbons (Fsp3) is 0.588. The van der Waals surface area contributed by atoms with E-state index >= 15 is 0 Å². The summed E-state index contributed by atoms with van der Waals surface area (Å²) in [5, 5.41) is 4.02. The van der Waals surface area contributed by atoms with Crippen molar-refractivity contribution in [1.82, 2.24) is 19.6 Å². The summed E-state index contributed by atoms with van der Waals surface area (Å²) in [4.78, 5) is 20.3. The van der Waals surface area contributed by atoms with Gasteiger partial charge in [0.2, 0.25) is 5.78 Å². The van der Waals surface area contributed by atoms with Crippen LogP contribution in [0, 0.1) is 0 Å². The van der Waals surface area contributed by atoms with Gasteiger partial charge in [-0.2, -0.15) is 14.6 Å². The molecule has 1 aliphatic heterocycles. The molecule has 2 aromatic heterocycles. The van der Waals surface area contributed by atoms with E-state index in [9.17, 15) is 4.79 Å². The number of nitrogens with zero attached hydrogens (tertiary/aromatic N) is 3. The van der Waals surface area contributed by atoms with Crippen molar-refractivity contribution in [2.75, 3.05) is 0 Å². The first-order chi connectivity index (χ1) is 10.6. The van der Waals surface area contributed by atoms with Gasteiger partial charge in [-0.3, -0.25) is 4.79 Å². The number of hydrogen-bond donors (Lipinski definition) is 1. The van der Waals surface area contributed by atoms with Gasteiger partial charge in [-0.25, -0.2) is 0 Å². The molecule has 3 rings (SSSR count). The van der Waals surface area contributed by atoms with E-state index in [1.54, 1.807) is 0 Å². The molecule has 0 fully saturated rings. The predicted octanol–water partition coefficient (Wildman–Crippen LogP) is 2.90. The number of hydrogen-bond acceptors (Lipinski definition) is 4. The molecule has 0 saturated carbocycles. The molecule has 23 heavy (non-hydrogen) atoms. The molecule has 6 nitrogen and oxygen atoms in total. The van der Waals surface area contributed by atoms with E-state index in [1.165, 1.54) is 10.8 Å². The quantitative estimate of drug-likeness (QED) is 0.924. The molecule has 0 aromatic carbocycles. The largest absolute Gasteiger partial charge is 0.365 e. The lowest BCUT2D eigenvalue weighted by molar-refractivity contribution is -0.100. The molecule has 0 bridgehead atoms. The van der Waals surface area contributed by atoms with Crippen LogP contribution in [0.15, 0.2) is 17.2 Å². The van der Waals surface area contributed by atoms with Crippen molar-refractivity contribution >= 4 is 11.4 Å². The van der Waals surface area contributed by atoms with E-state index < -0.39 is 0 Å². The van der Waals surface area contributed by atoms with Gasteiger partial charge in [-0.05, 0) is 45.3 Å². The maximum absolute atomic E-state index is 12.8. The molecule has 1 aliphatic rings. The average Bonchev–Trinajstić information content (AvgIpc) is 2.82. The van der Waals surface area contributed by atoms with Crippen LogP contribution in [-0.2, 0) is 4.74 Å². The normalized spacial score (nSPS) is 20.0. The van der Waals surface area contributed by atoms with E-state index in [4.69, 9.17) is 4.74 Å². The molecular weight excluding hydrogens is 292 g/mol. The van der Waals surface area contributed by atoms with Gasteiger partial charge in [0.1, 0.15) is 6.33 Å². The SMILES string of the molecule is CC(C)c1c(C2=CC(C)(C)OC(C)(C)C2)[nH]c2ncnn2c1=O. The second kappa shape index (κ2) is 5.03. The topological polar surface area (TPSA) is 72.3 Å². The van der Waals surface area contributed by atoms with Crippen molar-refractivity contribution in [2.45, 2.75) is 65.1 Å². The zero-order valence-corrected chi connectivity index (χ0v) is 14.6. The van der Waals surface area contributed by atoms with Crippen LogP contribution in [0.2, 0.25) is 0 Å². The zero-order valence-electron chi connectivity index (χ0n) is 14.6. The Kier molecular flexibility index (Phi) is 3.48. The molecule has 124 valence electrons. The molecule has 3 heterocycles. The van der Waals surface area contributed by atoms with Crippen LogP contribution >= 0.6 is 0 Å². The number of aromatic nitrogens is 4. The number of aromatic amines is 1. The number of rotatable bonds is 2. The molecule has 0 atom stereocenters. The monoisotopic (exact) mass is 316 g/mol. The van der Waals surface area contributed by atoms with Crippen molar-refractivity contribution in [3.05, 3.63) is 34.0 Å². The minimum Gasteiger partial charge on any atom is -0.365 e. The van der Waals surface area contributed by atoms with Gasteiger partial charge in [0.15, 0.2) is 0 Å². The lowest BCUT2D eigenvalue weighted by atomic mass is 9.85. The molecule has 2 aromatic rings. The maximum Gasteiger partial charge on any atom is 0.279 e. The van der Waals surface area contributed by atoms with Crippen LogP contribution in [0.25, 0.3) is 11.4 Å². The summed E-state index contributed by atoms with van der Waals surface area (Å²) < 4.78 is 7.44. The highest BCUT2D eigenvalue weighted by Crippen LogP contribution is 2.39. The van der Waals surface area contributed by atoms with E-state index in [0.29, 0.717) is 5.78 Å². The van der Waals surface area contributed by atoms with E-state index in [0.717, 1.165) is 23.3 Å². The van der Waals surface area contributed by atoms with E-state index in [-0.39, 0.29) is 22.7 Å². The van der Waals surface area contributed by atoms with Crippen molar-refractivity contribution in [3.63, 3.8) is 0 Å². The van der Waals surface area contributed by atoms with Crippen LogP contribution < -0.4 is 5.56 Å². The summed E-state index contributed by atoms with van der Waals surface area (Å²) in [6.07, 6.45) is 4.23. The Morgan fingerprint density at radius 2 is 2.00 bits per heavy atom. The Morgan fingerprint density at radius 1 is 1.30 bits per heavy atom. The summed E-state index contributed by atoms with van der Waals surface area (Å²) in [6.45, 7) is 12.3. The Labute approximate surface area is 135 Å². The van der Waals surface area contributed by atoms with Gasteiger partial charge in [-0.1, -0.05) is 13.8 Å². The van der Waals surface area contributed by atoms with Crippen LogP contribution in [0.3, 0.4) is 0 Å². The molecule has 0 aliphatic carbocycles. The van der Waals surface area contributed by atoms with Crippen molar-refractivity contribution < 1.29 is 4.74 Å². The third-order valence-electron chi connectivity index (χ3n) is 4.05. The van der Waals surface area contributed by atoms with Crippen LogP contribution in [-0.4, -0.2) is 30.8 Å². The average molecular weight is 316 g/mol. The fourth-order valence-corrected chi connectivity index (χ4v) is 3.53. The molecule has 0 spiro atoms. The van der Waals surface area contributed by atoms with Gasteiger partial charge >= 0.3 is 0 Å². The van der Waals surface area contributed by atoms with Crippen LogP contribution in [0.4, 0.5) is 0 Å². The van der Waals surface area contributed by atoms with Crippen LogP contribution in [0.1, 0.15) is 65.1 Å². The lowest BCUT2D eigenvalue weighted by Crippen LogP contribution is -2.40. The summed E-state index contributed by atoms with van der Waals surface area (Å²) in [7, 11) is 0. The second-order valence-electron chi connectivity index (χ2n) is 7.68. The first-order valence-corrected chi connectivity index (χ1v) is 7.98. The predicted molar refractivity (Wildman–Crippen MR) is 89.5 cm³/mol. The van der Waals surface area contributed by atoms with Crippen molar-refractivity contribution in [3.8, 4) is 0 Å².